The van der Waals surface area contributed by atoms with Crippen LogP contribution in [0.15, 0.2) is 0 Å². The number of hydrogen-bond acceptors (Lipinski definition) is 3. The van der Waals surface area contributed by atoms with Crippen molar-refractivity contribution in [1.82, 2.24) is 15.1 Å². The molecule has 0 saturated carbocycles. The molecule has 1 saturated heterocycles. The van der Waals surface area contributed by atoms with Crippen LogP contribution in [0, 0.1) is 0 Å². The Morgan fingerprint density at radius 2 is 2.12 bits per heavy atom. The molecule has 1 rings (SSSR count). The Balaban J connectivity index is 2.55. The minimum Gasteiger partial charge on any atom is -0.342 e. The fourth-order valence-corrected chi connectivity index (χ4v) is 2.27. The van der Waals surface area contributed by atoms with Crippen LogP contribution >= 0.6 is 0 Å². The van der Waals surface area contributed by atoms with Gasteiger partial charge in [0, 0.05) is 38.8 Å². The molecule has 1 unspecified atom stereocenters. The van der Waals surface area contributed by atoms with Gasteiger partial charge in [0.2, 0.25) is 5.91 Å². The van der Waals surface area contributed by atoms with E-state index in [-0.39, 0.29) is 11.9 Å². The fourth-order valence-electron chi connectivity index (χ4n) is 2.27. The predicted octanol–water partition coefficient (Wildman–Crippen LogP) is 0.537. The standard InChI is InChI=1S/C12H25N3O/c1-5-14(6-2)12(16)11(4)15-8-7-13-10(3)9-15/h10-11,13H,5-9H2,1-4H3/t10-,11?/m1/s1. The minimum atomic E-state index is 0.0180. The lowest BCUT2D eigenvalue weighted by atomic mass is 10.1. The van der Waals surface area contributed by atoms with Crippen molar-refractivity contribution in [3.63, 3.8) is 0 Å². The Morgan fingerprint density at radius 3 is 2.62 bits per heavy atom. The smallest absolute Gasteiger partial charge is 0.239 e. The van der Waals surface area contributed by atoms with Crippen LogP contribution < -0.4 is 5.32 Å². The number of carbonyl (C=O) groups is 1. The van der Waals surface area contributed by atoms with E-state index < -0.39 is 0 Å². The quantitative estimate of drug-likeness (QED) is 0.761. The highest BCUT2D eigenvalue weighted by Gasteiger charge is 2.27. The highest BCUT2D eigenvalue weighted by Crippen LogP contribution is 2.07. The van der Waals surface area contributed by atoms with Crippen LogP contribution in [0.1, 0.15) is 27.7 Å². The molecule has 1 aliphatic rings. The molecule has 4 heteroatoms. The third-order valence-electron chi connectivity index (χ3n) is 3.38. The zero-order valence-electron chi connectivity index (χ0n) is 11.0. The summed E-state index contributed by atoms with van der Waals surface area (Å²) in [6, 6.07) is 0.505. The van der Waals surface area contributed by atoms with Crippen LogP contribution in [0.25, 0.3) is 0 Å². The van der Waals surface area contributed by atoms with Crippen LogP contribution in [0.4, 0.5) is 0 Å². The summed E-state index contributed by atoms with van der Waals surface area (Å²) in [5.41, 5.74) is 0. The molecular weight excluding hydrogens is 202 g/mol. The third-order valence-corrected chi connectivity index (χ3v) is 3.38. The molecule has 0 aromatic rings. The van der Waals surface area contributed by atoms with Gasteiger partial charge in [-0.3, -0.25) is 9.69 Å². The van der Waals surface area contributed by atoms with Gasteiger partial charge in [-0.2, -0.15) is 0 Å². The lowest BCUT2D eigenvalue weighted by Crippen LogP contribution is -2.56. The summed E-state index contributed by atoms with van der Waals surface area (Å²) < 4.78 is 0. The van der Waals surface area contributed by atoms with E-state index in [1.165, 1.54) is 0 Å². The van der Waals surface area contributed by atoms with E-state index in [4.69, 9.17) is 0 Å². The summed E-state index contributed by atoms with van der Waals surface area (Å²) in [4.78, 5) is 16.4. The average molecular weight is 227 g/mol. The summed E-state index contributed by atoms with van der Waals surface area (Å²) in [6.45, 7) is 12.8. The molecule has 2 atom stereocenters. The lowest BCUT2D eigenvalue weighted by Gasteiger charge is -2.37. The van der Waals surface area contributed by atoms with Gasteiger partial charge in [0.15, 0.2) is 0 Å². The van der Waals surface area contributed by atoms with Gasteiger partial charge in [0.1, 0.15) is 0 Å². The number of likely N-dealkylation sites (N-methyl/N-ethyl adjacent to an activating group) is 1. The highest BCUT2D eigenvalue weighted by molar-refractivity contribution is 5.81. The minimum absolute atomic E-state index is 0.0180. The number of piperazine rings is 1. The Morgan fingerprint density at radius 1 is 1.50 bits per heavy atom. The van der Waals surface area contributed by atoms with Gasteiger partial charge < -0.3 is 10.2 Å². The van der Waals surface area contributed by atoms with Crippen LogP contribution in [-0.2, 0) is 4.79 Å². The van der Waals surface area contributed by atoms with Gasteiger partial charge in [-0.25, -0.2) is 0 Å². The second kappa shape index (κ2) is 6.21. The maximum absolute atomic E-state index is 12.2. The van der Waals surface area contributed by atoms with Crippen molar-refractivity contribution in [1.29, 1.82) is 0 Å². The highest BCUT2D eigenvalue weighted by atomic mass is 16.2. The molecular formula is C12H25N3O. The van der Waals surface area contributed by atoms with Crippen molar-refractivity contribution in [2.75, 3.05) is 32.7 Å². The normalized spacial score (nSPS) is 24.1. The zero-order chi connectivity index (χ0) is 12.1. The monoisotopic (exact) mass is 227 g/mol. The molecule has 1 aliphatic heterocycles. The van der Waals surface area contributed by atoms with Crippen molar-refractivity contribution in [3.8, 4) is 0 Å². The average Bonchev–Trinajstić information content (AvgIpc) is 2.29. The SMILES string of the molecule is CCN(CC)C(=O)C(C)N1CCN[C@H](C)C1. The Kier molecular flexibility index (Phi) is 5.22. The van der Waals surface area contributed by atoms with Crippen LogP contribution in [-0.4, -0.2) is 60.5 Å². The Labute approximate surface area is 99.0 Å². The molecule has 1 fully saturated rings. The van der Waals surface area contributed by atoms with Crippen molar-refractivity contribution < 1.29 is 4.79 Å². The summed E-state index contributed by atoms with van der Waals surface area (Å²) in [6.07, 6.45) is 0. The van der Waals surface area contributed by atoms with E-state index in [0.717, 1.165) is 32.7 Å². The van der Waals surface area contributed by atoms with E-state index in [0.29, 0.717) is 6.04 Å². The topological polar surface area (TPSA) is 35.6 Å². The molecule has 0 bridgehead atoms. The second-order valence-electron chi connectivity index (χ2n) is 4.54. The summed E-state index contributed by atoms with van der Waals surface area (Å²) in [7, 11) is 0. The predicted molar refractivity (Wildman–Crippen MR) is 66.4 cm³/mol. The first-order chi connectivity index (χ1) is 7.60. The van der Waals surface area contributed by atoms with Crippen LogP contribution in [0.2, 0.25) is 0 Å². The molecule has 0 aromatic heterocycles. The fraction of sp³-hybridized carbons (Fsp3) is 0.917. The molecule has 0 aliphatic carbocycles. The Bertz CT molecular complexity index is 228. The summed E-state index contributed by atoms with van der Waals surface area (Å²) >= 11 is 0. The zero-order valence-corrected chi connectivity index (χ0v) is 11.0. The maximum Gasteiger partial charge on any atom is 0.239 e. The molecule has 94 valence electrons. The summed E-state index contributed by atoms with van der Waals surface area (Å²) in [5.74, 6) is 0.263. The largest absolute Gasteiger partial charge is 0.342 e. The van der Waals surface area contributed by atoms with E-state index in [1.807, 2.05) is 25.7 Å². The molecule has 16 heavy (non-hydrogen) atoms. The molecule has 1 N–H and O–H groups in total. The third kappa shape index (κ3) is 3.19. The molecule has 1 amide bonds. The van der Waals surface area contributed by atoms with Crippen molar-refractivity contribution in [2.45, 2.75) is 39.8 Å². The maximum atomic E-state index is 12.2. The van der Waals surface area contributed by atoms with Gasteiger partial charge in [-0.15, -0.1) is 0 Å². The van der Waals surface area contributed by atoms with E-state index in [2.05, 4.69) is 17.1 Å². The van der Waals surface area contributed by atoms with E-state index in [1.54, 1.807) is 0 Å². The van der Waals surface area contributed by atoms with Gasteiger partial charge >= 0.3 is 0 Å². The lowest BCUT2D eigenvalue weighted by molar-refractivity contribution is -0.136. The number of hydrogen-bond donors (Lipinski definition) is 1. The first-order valence-corrected chi connectivity index (χ1v) is 6.36. The molecule has 0 spiro atoms. The van der Waals surface area contributed by atoms with Crippen molar-refractivity contribution >= 4 is 5.91 Å². The molecule has 4 nitrogen and oxygen atoms in total. The van der Waals surface area contributed by atoms with Gasteiger partial charge in [0.25, 0.3) is 0 Å². The Hall–Kier alpha value is -0.610. The molecule has 0 aromatic carbocycles. The van der Waals surface area contributed by atoms with Gasteiger partial charge in [0.05, 0.1) is 6.04 Å². The molecule has 0 radical (unpaired) electrons. The number of amides is 1. The van der Waals surface area contributed by atoms with E-state index >= 15 is 0 Å². The number of rotatable bonds is 4. The first kappa shape index (κ1) is 13.5. The summed E-state index contributed by atoms with van der Waals surface area (Å²) in [5, 5.41) is 3.40. The van der Waals surface area contributed by atoms with Gasteiger partial charge in [-0.05, 0) is 27.7 Å². The van der Waals surface area contributed by atoms with Crippen molar-refractivity contribution in [2.24, 2.45) is 0 Å². The number of carbonyl (C=O) groups excluding carboxylic acids is 1. The van der Waals surface area contributed by atoms with Gasteiger partial charge in [-0.1, -0.05) is 0 Å². The van der Waals surface area contributed by atoms with Crippen LogP contribution in [0.5, 0.6) is 0 Å². The first-order valence-electron chi connectivity index (χ1n) is 6.36. The number of nitrogens with zero attached hydrogens (tertiary/aromatic N) is 2. The number of nitrogens with one attached hydrogen (secondary N) is 1. The second-order valence-corrected chi connectivity index (χ2v) is 4.54. The molecule has 1 heterocycles. The van der Waals surface area contributed by atoms with E-state index in [9.17, 15) is 4.79 Å². The van der Waals surface area contributed by atoms with Crippen LogP contribution in [0.3, 0.4) is 0 Å². The van der Waals surface area contributed by atoms with Crippen molar-refractivity contribution in [3.05, 3.63) is 0 Å².